The van der Waals surface area contributed by atoms with E-state index in [-0.39, 0.29) is 24.8 Å². The number of amides is 2. The Labute approximate surface area is 168 Å². The summed E-state index contributed by atoms with van der Waals surface area (Å²) in [6.07, 6.45) is 0.197. The van der Waals surface area contributed by atoms with E-state index in [1.165, 1.54) is 5.56 Å². The Bertz CT molecular complexity index is 1050. The maximum atomic E-state index is 12.6. The third-order valence-corrected chi connectivity index (χ3v) is 5.25. The lowest BCUT2D eigenvalue weighted by molar-refractivity contribution is -0.126. The summed E-state index contributed by atoms with van der Waals surface area (Å²) >= 11 is 0. The first-order valence-corrected chi connectivity index (χ1v) is 9.51. The number of anilines is 1. The molecule has 3 aromatic rings. The first kappa shape index (κ1) is 18.8. The molecule has 0 aliphatic carbocycles. The second-order valence-corrected chi connectivity index (χ2v) is 7.23. The highest BCUT2D eigenvalue weighted by molar-refractivity contribution is 6.00. The molecule has 1 aliphatic heterocycles. The van der Waals surface area contributed by atoms with E-state index in [4.69, 9.17) is 0 Å². The van der Waals surface area contributed by atoms with E-state index in [9.17, 15) is 9.59 Å². The number of para-hydroxylation sites is 1. The number of carbonyl (C=O) groups excluding carboxylic acids is 2. The van der Waals surface area contributed by atoms with Crippen LogP contribution in [0.25, 0.3) is 5.69 Å². The van der Waals surface area contributed by atoms with Gasteiger partial charge in [0.2, 0.25) is 11.8 Å². The van der Waals surface area contributed by atoms with Gasteiger partial charge < -0.3 is 10.2 Å². The first-order chi connectivity index (χ1) is 14.0. The van der Waals surface area contributed by atoms with E-state index < -0.39 is 5.92 Å². The molecule has 1 aliphatic rings. The number of aryl methyl sites for hydroxylation is 2. The van der Waals surface area contributed by atoms with Crippen molar-refractivity contribution in [1.29, 1.82) is 0 Å². The predicted octanol–water partition coefficient (Wildman–Crippen LogP) is 1.95. The van der Waals surface area contributed by atoms with Gasteiger partial charge >= 0.3 is 0 Å². The number of tetrazole rings is 1. The van der Waals surface area contributed by atoms with E-state index in [1.807, 2.05) is 62.4 Å². The van der Waals surface area contributed by atoms with E-state index >= 15 is 0 Å². The van der Waals surface area contributed by atoms with Gasteiger partial charge in [-0.15, -0.1) is 5.10 Å². The molecule has 1 saturated heterocycles. The van der Waals surface area contributed by atoms with Gasteiger partial charge in [0.1, 0.15) is 0 Å². The highest BCUT2D eigenvalue weighted by Gasteiger charge is 2.35. The summed E-state index contributed by atoms with van der Waals surface area (Å²) < 4.78 is 1.61. The van der Waals surface area contributed by atoms with E-state index in [0.717, 1.165) is 16.9 Å². The van der Waals surface area contributed by atoms with Crippen LogP contribution in [0.2, 0.25) is 0 Å². The molecular formula is C21H22N6O2. The Kier molecular flexibility index (Phi) is 5.07. The summed E-state index contributed by atoms with van der Waals surface area (Å²) in [5, 5.41) is 14.7. The predicted molar refractivity (Wildman–Crippen MR) is 107 cm³/mol. The maximum Gasteiger partial charge on any atom is 0.227 e. The summed E-state index contributed by atoms with van der Waals surface area (Å²) in [7, 11) is 0. The van der Waals surface area contributed by atoms with Gasteiger partial charge in [-0.1, -0.05) is 24.3 Å². The summed E-state index contributed by atoms with van der Waals surface area (Å²) in [6.45, 7) is 4.63. The Balaban J connectivity index is 1.41. The van der Waals surface area contributed by atoms with Crippen LogP contribution in [0.4, 0.5) is 5.69 Å². The molecule has 0 unspecified atom stereocenters. The molecule has 29 heavy (non-hydrogen) atoms. The van der Waals surface area contributed by atoms with Crippen molar-refractivity contribution in [3.05, 3.63) is 65.5 Å². The van der Waals surface area contributed by atoms with Crippen LogP contribution >= 0.6 is 0 Å². The Morgan fingerprint density at radius 2 is 1.90 bits per heavy atom. The van der Waals surface area contributed by atoms with Crippen LogP contribution in [0, 0.1) is 19.8 Å². The van der Waals surface area contributed by atoms with Crippen LogP contribution in [0.5, 0.6) is 0 Å². The fourth-order valence-electron chi connectivity index (χ4n) is 3.43. The normalized spacial score (nSPS) is 16.3. The van der Waals surface area contributed by atoms with Crippen LogP contribution in [-0.2, 0) is 16.1 Å². The third-order valence-electron chi connectivity index (χ3n) is 5.25. The number of rotatable bonds is 5. The molecular weight excluding hydrogens is 368 g/mol. The molecule has 2 amide bonds. The first-order valence-electron chi connectivity index (χ1n) is 9.51. The van der Waals surface area contributed by atoms with Crippen molar-refractivity contribution in [2.24, 2.45) is 5.92 Å². The van der Waals surface area contributed by atoms with Gasteiger partial charge in [0.15, 0.2) is 5.82 Å². The molecule has 1 N–H and O–H groups in total. The monoisotopic (exact) mass is 390 g/mol. The number of carbonyl (C=O) groups is 2. The SMILES string of the molecule is Cc1ccc(-n2nnnc2CNC(=O)[C@@H]2CC(=O)N(c3ccccc3)C2)cc1C. The van der Waals surface area contributed by atoms with Gasteiger partial charge in [0, 0.05) is 18.7 Å². The van der Waals surface area contributed by atoms with Crippen molar-refractivity contribution in [1.82, 2.24) is 25.5 Å². The molecule has 2 aromatic carbocycles. The fraction of sp³-hybridized carbons (Fsp3) is 0.286. The summed E-state index contributed by atoms with van der Waals surface area (Å²) in [5.74, 6) is -0.0813. The average Bonchev–Trinajstić information content (AvgIpc) is 3.35. The number of aromatic nitrogens is 4. The van der Waals surface area contributed by atoms with Crippen molar-refractivity contribution in [3.63, 3.8) is 0 Å². The third kappa shape index (κ3) is 3.87. The van der Waals surface area contributed by atoms with Gasteiger partial charge in [-0.25, -0.2) is 0 Å². The molecule has 2 heterocycles. The van der Waals surface area contributed by atoms with Crippen molar-refractivity contribution in [2.75, 3.05) is 11.4 Å². The largest absolute Gasteiger partial charge is 0.348 e. The van der Waals surface area contributed by atoms with Crippen LogP contribution in [-0.4, -0.2) is 38.6 Å². The molecule has 0 saturated carbocycles. The fourth-order valence-corrected chi connectivity index (χ4v) is 3.43. The smallest absolute Gasteiger partial charge is 0.227 e. The van der Waals surface area contributed by atoms with E-state index in [2.05, 4.69) is 20.8 Å². The standard InChI is InChI=1S/C21H22N6O2/c1-14-8-9-18(10-15(14)2)27-19(23-24-25-27)12-22-21(29)16-11-20(28)26(13-16)17-6-4-3-5-7-17/h3-10,16H,11-13H2,1-2H3,(H,22,29)/t16-/m1/s1. The van der Waals surface area contributed by atoms with Crippen molar-refractivity contribution >= 4 is 17.5 Å². The van der Waals surface area contributed by atoms with Crippen LogP contribution in [0.15, 0.2) is 48.5 Å². The Hall–Kier alpha value is -3.55. The number of nitrogens with zero attached hydrogens (tertiary/aromatic N) is 5. The number of benzene rings is 2. The second kappa shape index (κ2) is 7.83. The van der Waals surface area contributed by atoms with Crippen molar-refractivity contribution in [3.8, 4) is 5.69 Å². The minimum atomic E-state index is -0.395. The van der Waals surface area contributed by atoms with Crippen LogP contribution in [0.3, 0.4) is 0 Å². The molecule has 0 bridgehead atoms. The molecule has 0 radical (unpaired) electrons. The molecule has 0 spiro atoms. The second-order valence-electron chi connectivity index (χ2n) is 7.23. The summed E-state index contributed by atoms with van der Waals surface area (Å²) in [5.41, 5.74) is 3.98. The minimum Gasteiger partial charge on any atom is -0.348 e. The molecule has 1 fully saturated rings. The van der Waals surface area contributed by atoms with Gasteiger partial charge in [-0.3, -0.25) is 9.59 Å². The highest BCUT2D eigenvalue weighted by atomic mass is 16.2. The molecule has 8 nitrogen and oxygen atoms in total. The van der Waals surface area contributed by atoms with Gasteiger partial charge in [0.05, 0.1) is 18.2 Å². The quantitative estimate of drug-likeness (QED) is 0.719. The number of hydrogen-bond acceptors (Lipinski definition) is 5. The van der Waals surface area contributed by atoms with Crippen LogP contribution in [0.1, 0.15) is 23.4 Å². The summed E-state index contributed by atoms with van der Waals surface area (Å²) in [4.78, 5) is 26.6. The molecule has 4 rings (SSSR count). The summed E-state index contributed by atoms with van der Waals surface area (Å²) in [6, 6.07) is 15.4. The zero-order valence-electron chi connectivity index (χ0n) is 16.4. The molecule has 1 aromatic heterocycles. The van der Waals surface area contributed by atoms with Gasteiger partial charge in [0.25, 0.3) is 0 Å². The van der Waals surface area contributed by atoms with Crippen molar-refractivity contribution in [2.45, 2.75) is 26.8 Å². The van der Waals surface area contributed by atoms with Crippen LogP contribution < -0.4 is 10.2 Å². The Morgan fingerprint density at radius 3 is 2.66 bits per heavy atom. The Morgan fingerprint density at radius 1 is 1.10 bits per heavy atom. The molecule has 8 heteroatoms. The minimum absolute atomic E-state index is 0.0451. The van der Waals surface area contributed by atoms with Gasteiger partial charge in [-0.05, 0) is 59.7 Å². The molecule has 148 valence electrons. The lowest BCUT2D eigenvalue weighted by Crippen LogP contribution is -2.33. The van der Waals surface area contributed by atoms with Gasteiger partial charge in [-0.2, -0.15) is 4.68 Å². The van der Waals surface area contributed by atoms with E-state index in [1.54, 1.807) is 9.58 Å². The lowest BCUT2D eigenvalue weighted by atomic mass is 10.1. The lowest BCUT2D eigenvalue weighted by Gasteiger charge is -2.16. The van der Waals surface area contributed by atoms with E-state index in [0.29, 0.717) is 12.4 Å². The number of nitrogens with one attached hydrogen (secondary N) is 1. The zero-order valence-corrected chi connectivity index (χ0v) is 16.4. The number of hydrogen-bond donors (Lipinski definition) is 1. The highest BCUT2D eigenvalue weighted by Crippen LogP contribution is 2.25. The zero-order chi connectivity index (χ0) is 20.4. The maximum absolute atomic E-state index is 12.6. The van der Waals surface area contributed by atoms with Crippen molar-refractivity contribution < 1.29 is 9.59 Å². The average molecular weight is 390 g/mol. The molecule has 1 atom stereocenters. The topological polar surface area (TPSA) is 93.0 Å².